The summed E-state index contributed by atoms with van der Waals surface area (Å²) in [6, 6.07) is 16.7. The van der Waals surface area contributed by atoms with E-state index in [4.69, 9.17) is 17.3 Å². The van der Waals surface area contributed by atoms with E-state index in [0.29, 0.717) is 10.7 Å². The Balaban J connectivity index is 1.70. The Morgan fingerprint density at radius 3 is 2.32 bits per heavy atom. The van der Waals surface area contributed by atoms with Crippen molar-refractivity contribution in [2.24, 2.45) is 26.1 Å². The lowest BCUT2D eigenvalue weighted by Crippen LogP contribution is -2.42. The largest absolute Gasteiger partial charge is 0.391 e. The average Bonchev–Trinajstić information content (AvgIpc) is 3.34. The summed E-state index contributed by atoms with van der Waals surface area (Å²) in [4.78, 5) is 4.20. The molecule has 8 nitrogen and oxygen atoms in total. The Hall–Kier alpha value is -2.61. The second kappa shape index (κ2) is 11.6. The maximum atomic E-state index is 13.2. The van der Waals surface area contributed by atoms with Crippen molar-refractivity contribution in [2.45, 2.75) is 24.9 Å². The van der Waals surface area contributed by atoms with E-state index in [1.165, 1.54) is 5.01 Å². The first-order valence-corrected chi connectivity index (χ1v) is 14.7. The van der Waals surface area contributed by atoms with Crippen LogP contribution in [0.25, 0.3) is 0 Å². The van der Waals surface area contributed by atoms with Crippen molar-refractivity contribution in [3.63, 3.8) is 0 Å². The third-order valence-corrected chi connectivity index (χ3v) is 8.52. The van der Waals surface area contributed by atoms with Gasteiger partial charge in [0.25, 0.3) is 5.96 Å². The fourth-order valence-corrected chi connectivity index (χ4v) is 5.73. The molecule has 204 valence electrons. The van der Waals surface area contributed by atoms with Crippen LogP contribution in [0.1, 0.15) is 29.9 Å². The van der Waals surface area contributed by atoms with Crippen molar-refractivity contribution in [2.75, 3.05) is 25.9 Å². The van der Waals surface area contributed by atoms with Crippen molar-refractivity contribution in [1.29, 1.82) is 0 Å². The highest BCUT2D eigenvalue weighted by atomic mass is 35.5. The van der Waals surface area contributed by atoms with Crippen LogP contribution in [0.5, 0.6) is 0 Å². The summed E-state index contributed by atoms with van der Waals surface area (Å²) in [6.07, 6.45) is -3.35. The molecule has 0 amide bonds. The molecule has 38 heavy (non-hydrogen) atoms. The van der Waals surface area contributed by atoms with E-state index in [-0.39, 0.29) is 49.5 Å². The number of amidine groups is 1. The van der Waals surface area contributed by atoms with Crippen LogP contribution in [0.3, 0.4) is 0 Å². The molecule has 2 aromatic carbocycles. The minimum atomic E-state index is -4.36. The molecule has 0 bridgehead atoms. The fraction of sp³-hybridized carbons (Fsp3) is 0.375. The predicted octanol–water partition coefficient (Wildman–Crippen LogP) is 4.70. The van der Waals surface area contributed by atoms with Gasteiger partial charge >= 0.3 is 16.4 Å². The second-order valence-corrected chi connectivity index (χ2v) is 11.6. The van der Waals surface area contributed by atoms with Crippen LogP contribution in [0.15, 0.2) is 69.1 Å². The van der Waals surface area contributed by atoms with Gasteiger partial charge in [0, 0.05) is 24.0 Å². The van der Waals surface area contributed by atoms with Crippen molar-refractivity contribution in [1.82, 2.24) is 9.31 Å². The number of thioether (sulfide) groups is 1. The maximum Gasteiger partial charge on any atom is 0.391 e. The summed E-state index contributed by atoms with van der Waals surface area (Å²) in [6.45, 7) is -0.370. The Morgan fingerprint density at radius 2 is 1.74 bits per heavy atom. The molecular formula is C24H26ClF3N6O2S2. The normalized spacial score (nSPS) is 20.6. The number of hydrogen-bond donors (Lipinski definition) is 1. The predicted molar refractivity (Wildman–Crippen MR) is 146 cm³/mol. The fourth-order valence-electron chi connectivity index (χ4n) is 4.30. The van der Waals surface area contributed by atoms with Gasteiger partial charge in [-0.15, -0.1) is 4.40 Å². The Kier molecular flexibility index (Phi) is 8.70. The number of nitrogens with two attached hydrogens (primary N) is 1. The van der Waals surface area contributed by atoms with Gasteiger partial charge in [-0.3, -0.25) is 0 Å². The average molecular weight is 587 g/mol. The third-order valence-electron chi connectivity index (χ3n) is 6.35. The number of guanidine groups is 1. The van der Waals surface area contributed by atoms with Gasteiger partial charge in [-0.2, -0.15) is 36.0 Å². The third kappa shape index (κ3) is 6.68. The van der Waals surface area contributed by atoms with Gasteiger partial charge in [-0.1, -0.05) is 65.8 Å². The Labute approximate surface area is 228 Å². The van der Waals surface area contributed by atoms with Crippen LogP contribution in [-0.2, 0) is 10.2 Å². The molecule has 2 aromatic rings. The maximum absolute atomic E-state index is 13.2. The van der Waals surface area contributed by atoms with Gasteiger partial charge < -0.3 is 5.73 Å². The minimum Gasteiger partial charge on any atom is -0.378 e. The van der Waals surface area contributed by atoms with E-state index in [1.807, 2.05) is 42.5 Å². The summed E-state index contributed by atoms with van der Waals surface area (Å²) < 4.78 is 70.4. The van der Waals surface area contributed by atoms with Gasteiger partial charge in [0.2, 0.25) is 0 Å². The lowest BCUT2D eigenvalue weighted by atomic mass is 9.91. The Morgan fingerprint density at radius 1 is 1.11 bits per heavy atom. The van der Waals surface area contributed by atoms with E-state index in [0.717, 1.165) is 27.2 Å². The van der Waals surface area contributed by atoms with E-state index in [9.17, 15) is 21.6 Å². The molecular weight excluding hydrogens is 561 g/mol. The lowest BCUT2D eigenvalue weighted by molar-refractivity contribution is -0.182. The summed E-state index contributed by atoms with van der Waals surface area (Å²) in [5.41, 5.74) is 8.30. The molecule has 0 saturated carbocycles. The van der Waals surface area contributed by atoms with E-state index >= 15 is 0 Å². The molecule has 4 rings (SSSR count). The molecule has 0 radical (unpaired) electrons. The smallest absolute Gasteiger partial charge is 0.378 e. The Bertz CT molecular complexity index is 1330. The zero-order valence-electron chi connectivity index (χ0n) is 20.3. The SMILES string of the molecule is CS/C(N)=N/C(=N/S(=O)(=O)N1CCC(C(F)(F)F)CC1)N1C[C@@H](c2ccccc2)C(c2ccc(Cl)cc2)=N1. The highest BCUT2D eigenvalue weighted by Crippen LogP contribution is 2.35. The highest BCUT2D eigenvalue weighted by Gasteiger charge is 2.43. The number of aliphatic imine (C=N–C) groups is 1. The summed E-state index contributed by atoms with van der Waals surface area (Å²) in [7, 11) is -4.36. The second-order valence-electron chi connectivity index (χ2n) is 8.78. The molecule has 2 aliphatic rings. The molecule has 1 atom stereocenters. The number of halogens is 4. The van der Waals surface area contributed by atoms with Crippen LogP contribution in [0, 0.1) is 5.92 Å². The number of piperidine rings is 1. The summed E-state index contributed by atoms with van der Waals surface area (Å²) in [5, 5.41) is 6.66. The monoisotopic (exact) mass is 586 g/mol. The number of hydrazone groups is 1. The minimum absolute atomic E-state index is 0.0566. The quantitative estimate of drug-likeness (QED) is 0.413. The first kappa shape index (κ1) is 28.4. The van der Waals surface area contributed by atoms with Crippen LogP contribution in [0.2, 0.25) is 5.02 Å². The van der Waals surface area contributed by atoms with Gasteiger partial charge in [0.15, 0.2) is 5.17 Å². The van der Waals surface area contributed by atoms with Crippen molar-refractivity contribution in [3.8, 4) is 0 Å². The highest BCUT2D eigenvalue weighted by molar-refractivity contribution is 8.13. The molecule has 0 aliphatic carbocycles. The van der Waals surface area contributed by atoms with Crippen LogP contribution in [-0.4, -0.2) is 66.6 Å². The molecule has 0 unspecified atom stereocenters. The molecule has 1 saturated heterocycles. The number of benzene rings is 2. The molecule has 2 N–H and O–H groups in total. The zero-order valence-corrected chi connectivity index (χ0v) is 22.7. The molecule has 2 heterocycles. The van der Waals surface area contributed by atoms with E-state index in [1.54, 1.807) is 18.4 Å². The van der Waals surface area contributed by atoms with Gasteiger partial charge in [-0.25, -0.2) is 5.01 Å². The molecule has 0 spiro atoms. The number of nitrogens with zero attached hydrogens (tertiary/aromatic N) is 5. The molecule has 0 aromatic heterocycles. The summed E-state index contributed by atoms with van der Waals surface area (Å²) in [5.74, 6) is -2.06. The van der Waals surface area contributed by atoms with Crippen LogP contribution >= 0.6 is 23.4 Å². The van der Waals surface area contributed by atoms with E-state index < -0.39 is 22.3 Å². The van der Waals surface area contributed by atoms with Gasteiger partial charge in [0.1, 0.15) is 0 Å². The standard InChI is InChI=1S/C24H26ClF3N6O2S2/c1-37-22(29)30-23(32-38(35,36)33-13-11-18(12-14-33)24(26,27)28)34-15-20(16-5-3-2-4-6-16)21(31-34)17-7-9-19(25)10-8-17/h2-10,18,20H,11-15H2,1H3,(H2,29,30,32)/t20-/m0/s1. The lowest BCUT2D eigenvalue weighted by Gasteiger charge is -2.30. The zero-order chi connectivity index (χ0) is 27.5. The van der Waals surface area contributed by atoms with Crippen molar-refractivity contribution >= 4 is 50.4 Å². The number of rotatable bonds is 4. The molecule has 1 fully saturated rings. The first-order valence-electron chi connectivity index (χ1n) is 11.7. The number of alkyl halides is 3. The van der Waals surface area contributed by atoms with Crippen molar-refractivity contribution in [3.05, 3.63) is 70.7 Å². The summed E-state index contributed by atoms with van der Waals surface area (Å²) >= 11 is 7.16. The van der Waals surface area contributed by atoms with Gasteiger partial charge in [0.05, 0.1) is 18.2 Å². The number of hydrogen-bond acceptors (Lipinski definition) is 4. The molecule has 14 heteroatoms. The van der Waals surface area contributed by atoms with Gasteiger partial charge in [-0.05, 0) is 42.4 Å². The first-order chi connectivity index (χ1) is 18.0. The van der Waals surface area contributed by atoms with Crippen LogP contribution < -0.4 is 5.73 Å². The topological polar surface area (TPSA) is 104 Å². The molecule has 2 aliphatic heterocycles. The van der Waals surface area contributed by atoms with Crippen LogP contribution in [0.4, 0.5) is 13.2 Å². The van der Waals surface area contributed by atoms with Crippen molar-refractivity contribution < 1.29 is 21.6 Å². The van der Waals surface area contributed by atoms with E-state index in [2.05, 4.69) is 14.5 Å².